The third kappa shape index (κ3) is 6.40. The largest absolute Gasteiger partial charge is 0.497 e. The van der Waals surface area contributed by atoms with Crippen molar-refractivity contribution in [1.82, 2.24) is 14.1 Å². The first-order chi connectivity index (χ1) is 15.7. The monoisotopic (exact) mass is 473 g/mol. The van der Waals surface area contributed by atoms with Gasteiger partial charge < -0.3 is 9.64 Å². The summed E-state index contributed by atoms with van der Waals surface area (Å²) in [7, 11) is -0.766. The van der Waals surface area contributed by atoms with Crippen LogP contribution in [0.4, 0.5) is 0 Å². The van der Waals surface area contributed by atoms with E-state index in [4.69, 9.17) is 4.74 Å². The molecule has 1 heterocycles. The summed E-state index contributed by atoms with van der Waals surface area (Å²) in [5.74, 6) is 0.493. The maximum absolute atomic E-state index is 12.8. The van der Waals surface area contributed by atoms with E-state index in [9.17, 15) is 18.0 Å². The molecule has 2 aromatic rings. The van der Waals surface area contributed by atoms with Gasteiger partial charge >= 0.3 is 0 Å². The Hall–Kier alpha value is -2.75. The molecule has 0 saturated carbocycles. The lowest BCUT2D eigenvalue weighted by Crippen LogP contribution is -2.51. The van der Waals surface area contributed by atoms with Gasteiger partial charge in [-0.25, -0.2) is 8.42 Å². The second-order valence-corrected chi connectivity index (χ2v) is 10.2. The highest BCUT2D eigenvalue weighted by atomic mass is 32.2. The zero-order chi connectivity index (χ0) is 24.0. The number of ketones is 1. The summed E-state index contributed by atoms with van der Waals surface area (Å²) < 4.78 is 31.8. The quantitative estimate of drug-likeness (QED) is 0.517. The molecule has 178 valence electrons. The van der Waals surface area contributed by atoms with Crippen molar-refractivity contribution in [2.24, 2.45) is 0 Å². The standard InChI is InChI=1S/C24H31N3O5S/c1-19(28)21-6-10-23(11-7-21)33(30,31)25(2)18-24(29)27-16-14-26(15-17-27)13-12-20-4-8-22(32-3)9-5-20/h4-11H,12-18H2,1-3H3. The lowest BCUT2D eigenvalue weighted by Gasteiger charge is -2.35. The Kier molecular flexibility index (Phi) is 8.23. The number of sulfonamides is 1. The summed E-state index contributed by atoms with van der Waals surface area (Å²) in [6.45, 7) is 4.76. The fraction of sp³-hybridized carbons (Fsp3) is 0.417. The number of likely N-dealkylation sites (N-methyl/N-ethyl adjacent to an activating group) is 1. The summed E-state index contributed by atoms with van der Waals surface area (Å²) in [6.07, 6.45) is 0.918. The number of hydrogen-bond donors (Lipinski definition) is 0. The van der Waals surface area contributed by atoms with E-state index in [1.165, 1.54) is 43.8 Å². The van der Waals surface area contributed by atoms with Gasteiger partial charge in [0.25, 0.3) is 0 Å². The fourth-order valence-corrected chi connectivity index (χ4v) is 4.84. The molecule has 0 aliphatic carbocycles. The van der Waals surface area contributed by atoms with Gasteiger partial charge in [0.15, 0.2) is 5.78 Å². The number of Topliss-reactive ketones (excluding diaryl/α,β-unsaturated/α-hetero) is 1. The lowest BCUT2D eigenvalue weighted by molar-refractivity contribution is -0.132. The van der Waals surface area contributed by atoms with E-state index in [1.54, 1.807) is 12.0 Å². The van der Waals surface area contributed by atoms with Gasteiger partial charge in [-0.3, -0.25) is 14.5 Å². The van der Waals surface area contributed by atoms with Crippen molar-refractivity contribution in [1.29, 1.82) is 0 Å². The number of carbonyl (C=O) groups is 2. The normalized spacial score (nSPS) is 15.0. The Bertz CT molecular complexity index is 1060. The predicted molar refractivity (Wildman–Crippen MR) is 126 cm³/mol. The Labute approximate surface area is 195 Å². The van der Waals surface area contributed by atoms with Crippen molar-refractivity contribution in [2.75, 3.05) is 53.4 Å². The summed E-state index contributed by atoms with van der Waals surface area (Å²) in [5.41, 5.74) is 1.68. The zero-order valence-electron chi connectivity index (χ0n) is 19.4. The van der Waals surface area contributed by atoms with E-state index >= 15 is 0 Å². The summed E-state index contributed by atoms with van der Waals surface area (Å²) in [4.78, 5) is 28.2. The SMILES string of the molecule is COc1ccc(CCN2CCN(C(=O)CN(C)S(=O)(=O)c3ccc(C(C)=O)cc3)CC2)cc1. The van der Waals surface area contributed by atoms with Crippen molar-refractivity contribution >= 4 is 21.7 Å². The van der Waals surface area contributed by atoms with E-state index < -0.39 is 10.0 Å². The van der Waals surface area contributed by atoms with E-state index in [0.717, 1.165) is 36.1 Å². The first-order valence-electron chi connectivity index (χ1n) is 10.9. The van der Waals surface area contributed by atoms with Gasteiger partial charge in [-0.15, -0.1) is 0 Å². The van der Waals surface area contributed by atoms with Gasteiger partial charge in [0.05, 0.1) is 18.6 Å². The van der Waals surface area contributed by atoms with Gasteiger partial charge in [0, 0.05) is 45.3 Å². The van der Waals surface area contributed by atoms with Crippen LogP contribution in [0.5, 0.6) is 5.75 Å². The van der Waals surface area contributed by atoms with Gasteiger partial charge in [0.2, 0.25) is 15.9 Å². The number of rotatable bonds is 9. The van der Waals surface area contributed by atoms with Crippen LogP contribution in [0.2, 0.25) is 0 Å². The second kappa shape index (κ2) is 10.9. The van der Waals surface area contributed by atoms with Gasteiger partial charge in [-0.2, -0.15) is 4.31 Å². The Balaban J connectivity index is 1.48. The number of amides is 1. The van der Waals surface area contributed by atoms with Gasteiger partial charge in [-0.1, -0.05) is 24.3 Å². The summed E-state index contributed by atoms with van der Waals surface area (Å²) >= 11 is 0. The number of nitrogens with zero attached hydrogens (tertiary/aromatic N) is 3. The summed E-state index contributed by atoms with van der Waals surface area (Å²) in [6, 6.07) is 13.8. The number of hydrogen-bond acceptors (Lipinski definition) is 6. The number of ether oxygens (including phenoxy) is 1. The molecule has 1 aliphatic rings. The molecule has 3 rings (SSSR count). The maximum Gasteiger partial charge on any atom is 0.243 e. The Morgan fingerprint density at radius 2 is 1.58 bits per heavy atom. The molecule has 33 heavy (non-hydrogen) atoms. The van der Waals surface area contributed by atoms with Crippen LogP contribution in [0.1, 0.15) is 22.8 Å². The van der Waals surface area contributed by atoms with E-state index in [1.807, 2.05) is 12.1 Å². The molecule has 1 amide bonds. The molecule has 0 unspecified atom stereocenters. The minimum atomic E-state index is -3.82. The molecule has 2 aromatic carbocycles. The first-order valence-corrected chi connectivity index (χ1v) is 12.3. The fourth-order valence-electron chi connectivity index (χ4n) is 3.72. The van der Waals surface area contributed by atoms with Crippen LogP contribution >= 0.6 is 0 Å². The zero-order valence-corrected chi connectivity index (χ0v) is 20.2. The van der Waals surface area contributed by atoms with Crippen molar-refractivity contribution in [2.45, 2.75) is 18.2 Å². The molecule has 1 fully saturated rings. The third-order valence-corrected chi connectivity index (χ3v) is 7.75. The number of carbonyl (C=O) groups excluding carboxylic acids is 2. The van der Waals surface area contributed by atoms with Crippen molar-refractivity contribution in [3.8, 4) is 5.75 Å². The van der Waals surface area contributed by atoms with Crippen LogP contribution in [-0.4, -0.2) is 87.6 Å². The average molecular weight is 474 g/mol. The van der Waals surface area contributed by atoms with Crippen LogP contribution in [0.15, 0.2) is 53.4 Å². The Morgan fingerprint density at radius 3 is 2.12 bits per heavy atom. The predicted octanol–water partition coefficient (Wildman–Crippen LogP) is 1.91. The minimum Gasteiger partial charge on any atom is -0.497 e. The van der Waals surface area contributed by atoms with Crippen LogP contribution < -0.4 is 4.74 Å². The highest BCUT2D eigenvalue weighted by Gasteiger charge is 2.27. The molecule has 9 heteroatoms. The highest BCUT2D eigenvalue weighted by Crippen LogP contribution is 2.16. The molecule has 1 aliphatic heterocycles. The number of benzene rings is 2. The van der Waals surface area contributed by atoms with Crippen molar-refractivity contribution in [3.05, 3.63) is 59.7 Å². The summed E-state index contributed by atoms with van der Waals surface area (Å²) in [5, 5.41) is 0. The van der Waals surface area contributed by atoms with Crippen molar-refractivity contribution in [3.63, 3.8) is 0 Å². The maximum atomic E-state index is 12.8. The van der Waals surface area contributed by atoms with E-state index in [2.05, 4.69) is 17.0 Å². The van der Waals surface area contributed by atoms with E-state index in [-0.39, 0.29) is 23.1 Å². The second-order valence-electron chi connectivity index (χ2n) is 8.16. The van der Waals surface area contributed by atoms with Crippen LogP contribution in [0.25, 0.3) is 0 Å². The molecular formula is C24H31N3O5S. The van der Waals surface area contributed by atoms with Gasteiger partial charge in [0.1, 0.15) is 5.75 Å². The van der Waals surface area contributed by atoms with Crippen LogP contribution in [0.3, 0.4) is 0 Å². The molecular weight excluding hydrogens is 442 g/mol. The first kappa shape index (κ1) is 24.9. The van der Waals surface area contributed by atoms with Crippen LogP contribution in [0, 0.1) is 0 Å². The van der Waals surface area contributed by atoms with Crippen molar-refractivity contribution < 1.29 is 22.7 Å². The molecule has 0 bridgehead atoms. The topological polar surface area (TPSA) is 87.2 Å². The molecule has 0 N–H and O–H groups in total. The lowest BCUT2D eigenvalue weighted by atomic mass is 10.1. The molecule has 0 atom stereocenters. The molecule has 8 nitrogen and oxygen atoms in total. The minimum absolute atomic E-state index is 0.0613. The Morgan fingerprint density at radius 1 is 0.970 bits per heavy atom. The average Bonchev–Trinajstić information content (AvgIpc) is 2.83. The third-order valence-electron chi connectivity index (χ3n) is 5.93. The van der Waals surface area contributed by atoms with Gasteiger partial charge in [-0.05, 0) is 43.2 Å². The van der Waals surface area contributed by atoms with Crippen LogP contribution in [-0.2, 0) is 21.2 Å². The smallest absolute Gasteiger partial charge is 0.243 e. The number of methoxy groups -OCH3 is 1. The number of piperazine rings is 1. The molecule has 1 saturated heterocycles. The molecule has 0 aromatic heterocycles. The van der Waals surface area contributed by atoms with E-state index in [0.29, 0.717) is 18.7 Å². The molecule has 0 spiro atoms. The highest BCUT2D eigenvalue weighted by molar-refractivity contribution is 7.89. The molecule has 0 radical (unpaired) electrons.